The second-order valence-electron chi connectivity index (χ2n) is 3.91. The van der Waals surface area contributed by atoms with E-state index in [0.717, 1.165) is 5.52 Å². The lowest BCUT2D eigenvalue weighted by atomic mass is 10.3. The Morgan fingerprint density at radius 2 is 2.25 bits per heavy atom. The lowest BCUT2D eigenvalue weighted by molar-refractivity contribution is 0.551. The van der Waals surface area contributed by atoms with Crippen LogP contribution in [0.4, 0.5) is 5.69 Å². The number of nitrogens with zero attached hydrogens (tertiary/aromatic N) is 1. The molecule has 1 unspecified atom stereocenters. The number of nitrogens with two attached hydrogens (primary N) is 1. The van der Waals surface area contributed by atoms with Gasteiger partial charge in [0.2, 0.25) is 5.89 Å². The number of anilines is 1. The van der Waals surface area contributed by atoms with Crippen molar-refractivity contribution in [3.63, 3.8) is 0 Å². The Balaban J connectivity index is 2.29. The Bertz CT molecular complexity index is 534. The van der Waals surface area contributed by atoms with Crippen LogP contribution in [0.25, 0.3) is 11.1 Å². The van der Waals surface area contributed by atoms with Crippen molar-refractivity contribution in [2.45, 2.75) is 24.9 Å². The molecule has 2 rings (SSSR count). The molecule has 5 heteroatoms. The SMILES string of the molecule is CC(C)S(=O)Cc1nc2cc(N)ccc2o1. The monoisotopic (exact) mass is 238 g/mol. The van der Waals surface area contributed by atoms with Crippen molar-refractivity contribution in [2.24, 2.45) is 0 Å². The Labute approximate surface area is 96.3 Å². The highest BCUT2D eigenvalue weighted by Gasteiger charge is 2.12. The molecule has 0 saturated heterocycles. The first-order valence-electron chi connectivity index (χ1n) is 5.08. The molecule has 0 radical (unpaired) electrons. The molecule has 0 aliphatic heterocycles. The first kappa shape index (κ1) is 11.1. The van der Waals surface area contributed by atoms with Gasteiger partial charge >= 0.3 is 0 Å². The lowest BCUT2D eigenvalue weighted by Crippen LogP contribution is -2.07. The zero-order valence-corrected chi connectivity index (χ0v) is 10.1. The minimum absolute atomic E-state index is 0.111. The van der Waals surface area contributed by atoms with E-state index in [1.165, 1.54) is 0 Å². The third-order valence-corrected chi connectivity index (χ3v) is 3.83. The molecule has 0 amide bonds. The summed E-state index contributed by atoms with van der Waals surface area (Å²) in [5.41, 5.74) is 7.69. The molecule has 16 heavy (non-hydrogen) atoms. The van der Waals surface area contributed by atoms with Crippen molar-refractivity contribution in [1.29, 1.82) is 0 Å². The molecule has 4 nitrogen and oxygen atoms in total. The van der Waals surface area contributed by atoms with Crippen molar-refractivity contribution in [3.8, 4) is 0 Å². The van der Waals surface area contributed by atoms with Crippen LogP contribution in [0.1, 0.15) is 19.7 Å². The Kier molecular flexibility index (Phi) is 2.96. The normalized spacial score (nSPS) is 13.4. The van der Waals surface area contributed by atoms with Gasteiger partial charge in [-0.25, -0.2) is 4.98 Å². The smallest absolute Gasteiger partial charge is 0.208 e. The van der Waals surface area contributed by atoms with Crippen LogP contribution < -0.4 is 5.73 Å². The molecular weight excluding hydrogens is 224 g/mol. The van der Waals surface area contributed by atoms with Crippen molar-refractivity contribution < 1.29 is 8.63 Å². The van der Waals surface area contributed by atoms with E-state index in [9.17, 15) is 4.21 Å². The van der Waals surface area contributed by atoms with E-state index in [0.29, 0.717) is 22.9 Å². The minimum atomic E-state index is -0.942. The standard InChI is InChI=1S/C11H14N2O2S/c1-7(2)16(14)6-11-13-9-5-8(12)3-4-10(9)15-11/h3-5,7H,6,12H2,1-2H3. The maximum atomic E-state index is 11.6. The summed E-state index contributed by atoms with van der Waals surface area (Å²) in [6, 6.07) is 5.29. The molecule has 1 atom stereocenters. The molecule has 0 aliphatic rings. The number of benzene rings is 1. The molecule has 0 spiro atoms. The molecule has 2 aromatic rings. The number of rotatable bonds is 3. The summed E-state index contributed by atoms with van der Waals surface area (Å²) in [6.07, 6.45) is 0. The van der Waals surface area contributed by atoms with Gasteiger partial charge in [-0.1, -0.05) is 13.8 Å². The predicted molar refractivity (Wildman–Crippen MR) is 65.4 cm³/mol. The molecular formula is C11H14N2O2S. The second kappa shape index (κ2) is 4.25. The van der Waals surface area contributed by atoms with Crippen molar-refractivity contribution in [2.75, 3.05) is 5.73 Å². The van der Waals surface area contributed by atoms with Gasteiger partial charge in [-0.3, -0.25) is 4.21 Å². The summed E-state index contributed by atoms with van der Waals surface area (Å²) in [5.74, 6) is 0.860. The Morgan fingerprint density at radius 3 is 2.94 bits per heavy atom. The molecule has 0 bridgehead atoms. The Hall–Kier alpha value is -1.36. The van der Waals surface area contributed by atoms with Gasteiger partial charge in [0.05, 0.1) is 0 Å². The summed E-state index contributed by atoms with van der Waals surface area (Å²) in [7, 11) is -0.942. The van der Waals surface area contributed by atoms with Gasteiger partial charge in [0.25, 0.3) is 0 Å². The third kappa shape index (κ3) is 2.24. The summed E-state index contributed by atoms with van der Waals surface area (Å²) in [6.45, 7) is 3.83. The van der Waals surface area contributed by atoms with E-state index >= 15 is 0 Å². The average molecular weight is 238 g/mol. The average Bonchev–Trinajstić information content (AvgIpc) is 2.58. The zero-order valence-electron chi connectivity index (χ0n) is 9.27. The van der Waals surface area contributed by atoms with Gasteiger partial charge in [0, 0.05) is 21.7 Å². The van der Waals surface area contributed by atoms with Gasteiger partial charge in [0.15, 0.2) is 5.58 Å². The number of fused-ring (bicyclic) bond motifs is 1. The predicted octanol–water partition coefficient (Wildman–Crippen LogP) is 2.07. The number of hydrogen-bond acceptors (Lipinski definition) is 4. The number of hydrogen-bond donors (Lipinski definition) is 1. The molecule has 1 heterocycles. The largest absolute Gasteiger partial charge is 0.440 e. The summed E-state index contributed by atoms with van der Waals surface area (Å²) in [5, 5.41) is 0.111. The van der Waals surface area contributed by atoms with E-state index < -0.39 is 10.8 Å². The van der Waals surface area contributed by atoms with Crippen LogP contribution in [-0.2, 0) is 16.6 Å². The van der Waals surface area contributed by atoms with Gasteiger partial charge in [-0.15, -0.1) is 0 Å². The Morgan fingerprint density at radius 1 is 1.50 bits per heavy atom. The number of oxazole rings is 1. The quantitative estimate of drug-likeness (QED) is 0.831. The topological polar surface area (TPSA) is 69.1 Å². The van der Waals surface area contributed by atoms with Crippen LogP contribution in [0.15, 0.2) is 22.6 Å². The van der Waals surface area contributed by atoms with Crippen LogP contribution in [0.3, 0.4) is 0 Å². The molecule has 1 aromatic carbocycles. The van der Waals surface area contributed by atoms with Crippen LogP contribution in [0.2, 0.25) is 0 Å². The maximum absolute atomic E-state index is 11.6. The molecule has 1 aromatic heterocycles. The third-order valence-electron chi connectivity index (χ3n) is 2.25. The van der Waals surface area contributed by atoms with Gasteiger partial charge in [-0.2, -0.15) is 0 Å². The highest BCUT2D eigenvalue weighted by atomic mass is 32.2. The lowest BCUT2D eigenvalue weighted by Gasteiger charge is -2.00. The highest BCUT2D eigenvalue weighted by Crippen LogP contribution is 2.19. The summed E-state index contributed by atoms with van der Waals surface area (Å²) < 4.78 is 17.1. The second-order valence-corrected chi connectivity index (χ2v) is 5.90. The van der Waals surface area contributed by atoms with E-state index in [1.54, 1.807) is 18.2 Å². The van der Waals surface area contributed by atoms with Crippen LogP contribution in [0, 0.1) is 0 Å². The van der Waals surface area contributed by atoms with Crippen LogP contribution in [0.5, 0.6) is 0 Å². The van der Waals surface area contributed by atoms with Crippen LogP contribution >= 0.6 is 0 Å². The van der Waals surface area contributed by atoms with E-state index in [4.69, 9.17) is 10.2 Å². The minimum Gasteiger partial charge on any atom is -0.440 e. The highest BCUT2D eigenvalue weighted by molar-refractivity contribution is 7.84. The van der Waals surface area contributed by atoms with Crippen molar-refractivity contribution >= 4 is 27.6 Å². The fourth-order valence-electron chi connectivity index (χ4n) is 1.34. The molecule has 0 fully saturated rings. The number of aromatic nitrogens is 1. The van der Waals surface area contributed by atoms with E-state index in [-0.39, 0.29) is 5.25 Å². The zero-order chi connectivity index (χ0) is 11.7. The first-order chi connectivity index (χ1) is 7.56. The molecule has 0 aliphatic carbocycles. The van der Waals surface area contributed by atoms with Crippen LogP contribution in [-0.4, -0.2) is 14.4 Å². The van der Waals surface area contributed by atoms with Gasteiger partial charge in [-0.05, 0) is 18.2 Å². The molecule has 0 saturated carbocycles. The fraction of sp³-hybridized carbons (Fsp3) is 0.364. The van der Waals surface area contributed by atoms with Gasteiger partial charge in [0.1, 0.15) is 11.3 Å². The maximum Gasteiger partial charge on any atom is 0.208 e. The van der Waals surface area contributed by atoms with Crippen molar-refractivity contribution in [1.82, 2.24) is 4.98 Å². The van der Waals surface area contributed by atoms with Crippen molar-refractivity contribution in [3.05, 3.63) is 24.1 Å². The van der Waals surface area contributed by atoms with E-state index in [2.05, 4.69) is 4.98 Å². The van der Waals surface area contributed by atoms with Gasteiger partial charge < -0.3 is 10.2 Å². The summed E-state index contributed by atoms with van der Waals surface area (Å²) in [4.78, 5) is 4.26. The first-order valence-corrected chi connectivity index (χ1v) is 6.46. The fourth-order valence-corrected chi connectivity index (χ4v) is 2.04. The van der Waals surface area contributed by atoms with E-state index in [1.807, 2.05) is 13.8 Å². The summed E-state index contributed by atoms with van der Waals surface area (Å²) >= 11 is 0. The molecule has 2 N–H and O–H groups in total. The molecule has 86 valence electrons. The number of nitrogen functional groups attached to an aromatic ring is 1.